The van der Waals surface area contributed by atoms with Gasteiger partial charge in [-0.2, -0.15) is 10.2 Å². The van der Waals surface area contributed by atoms with Crippen LogP contribution in [0.2, 0.25) is 0 Å². The zero-order chi connectivity index (χ0) is 19.5. The zero-order valence-electron chi connectivity index (χ0n) is 15.6. The summed E-state index contributed by atoms with van der Waals surface area (Å²) in [5.41, 5.74) is 2.12. The quantitative estimate of drug-likeness (QED) is 0.575. The van der Waals surface area contributed by atoms with Crippen LogP contribution in [0, 0.1) is 0 Å². The third-order valence-corrected chi connectivity index (χ3v) is 4.24. The number of benzene rings is 1. The van der Waals surface area contributed by atoms with Gasteiger partial charge in [0.2, 0.25) is 0 Å². The highest BCUT2D eigenvalue weighted by Crippen LogP contribution is 2.24. The van der Waals surface area contributed by atoms with Crippen molar-refractivity contribution in [1.82, 2.24) is 24.5 Å². The van der Waals surface area contributed by atoms with E-state index in [4.69, 9.17) is 0 Å². The van der Waals surface area contributed by atoms with E-state index >= 15 is 0 Å². The molecule has 140 valence electrons. The SMILES string of the molecule is CC(C)n1nc(-c2ccccc2)cc1NC(=O)c1cccc(-n2cccn2)n1. The molecule has 0 unspecified atom stereocenters. The minimum absolute atomic E-state index is 0.0936. The van der Waals surface area contributed by atoms with Crippen molar-refractivity contribution in [2.24, 2.45) is 0 Å². The summed E-state index contributed by atoms with van der Waals surface area (Å²) in [5.74, 6) is 0.917. The number of pyridine rings is 1. The summed E-state index contributed by atoms with van der Waals surface area (Å²) >= 11 is 0. The molecule has 0 bridgehead atoms. The first kappa shape index (κ1) is 17.7. The van der Waals surface area contributed by atoms with Gasteiger partial charge in [0.25, 0.3) is 5.91 Å². The Balaban J connectivity index is 1.63. The number of carbonyl (C=O) groups excluding carboxylic acids is 1. The van der Waals surface area contributed by atoms with Crippen LogP contribution in [0.1, 0.15) is 30.4 Å². The number of carbonyl (C=O) groups is 1. The van der Waals surface area contributed by atoms with E-state index in [1.165, 1.54) is 0 Å². The highest BCUT2D eigenvalue weighted by Gasteiger charge is 2.16. The predicted molar refractivity (Wildman–Crippen MR) is 107 cm³/mol. The monoisotopic (exact) mass is 372 g/mol. The van der Waals surface area contributed by atoms with Gasteiger partial charge in [0.05, 0.1) is 5.69 Å². The molecule has 3 heterocycles. The van der Waals surface area contributed by atoms with E-state index in [2.05, 4.69) is 20.5 Å². The molecule has 0 radical (unpaired) electrons. The van der Waals surface area contributed by atoms with Crippen LogP contribution in [-0.4, -0.2) is 30.5 Å². The lowest BCUT2D eigenvalue weighted by Crippen LogP contribution is -2.18. The van der Waals surface area contributed by atoms with Crippen molar-refractivity contribution in [1.29, 1.82) is 0 Å². The zero-order valence-corrected chi connectivity index (χ0v) is 15.6. The summed E-state index contributed by atoms with van der Waals surface area (Å²) in [6.07, 6.45) is 3.45. The van der Waals surface area contributed by atoms with Gasteiger partial charge in [0, 0.05) is 30.1 Å². The molecular weight excluding hydrogens is 352 g/mol. The van der Waals surface area contributed by atoms with Crippen LogP contribution in [0.25, 0.3) is 17.1 Å². The van der Waals surface area contributed by atoms with Crippen molar-refractivity contribution >= 4 is 11.7 Å². The Morgan fingerprint density at radius 2 is 1.86 bits per heavy atom. The average Bonchev–Trinajstić information content (AvgIpc) is 3.39. The number of nitrogens with one attached hydrogen (secondary N) is 1. The predicted octanol–water partition coefficient (Wildman–Crippen LogP) is 3.96. The Morgan fingerprint density at radius 1 is 1.04 bits per heavy atom. The molecule has 0 atom stereocenters. The minimum atomic E-state index is -0.296. The number of rotatable bonds is 5. The number of hydrogen-bond acceptors (Lipinski definition) is 4. The van der Waals surface area contributed by atoms with E-state index in [0.717, 1.165) is 11.3 Å². The Bertz CT molecular complexity index is 1080. The number of nitrogens with zero attached hydrogens (tertiary/aromatic N) is 5. The second-order valence-corrected chi connectivity index (χ2v) is 6.60. The summed E-state index contributed by atoms with van der Waals surface area (Å²) < 4.78 is 3.42. The van der Waals surface area contributed by atoms with E-state index in [-0.39, 0.29) is 11.9 Å². The van der Waals surface area contributed by atoms with Crippen LogP contribution in [0.15, 0.2) is 73.1 Å². The molecule has 0 saturated carbocycles. The highest BCUT2D eigenvalue weighted by atomic mass is 16.2. The maximum absolute atomic E-state index is 12.8. The number of hydrogen-bond donors (Lipinski definition) is 1. The molecule has 4 aromatic rings. The van der Waals surface area contributed by atoms with Crippen molar-refractivity contribution in [2.75, 3.05) is 5.32 Å². The second-order valence-electron chi connectivity index (χ2n) is 6.60. The minimum Gasteiger partial charge on any atom is -0.305 e. The summed E-state index contributed by atoms with van der Waals surface area (Å²) in [4.78, 5) is 17.2. The third-order valence-electron chi connectivity index (χ3n) is 4.24. The summed E-state index contributed by atoms with van der Waals surface area (Å²) in [6, 6.07) is 18.9. The molecule has 7 nitrogen and oxygen atoms in total. The van der Waals surface area contributed by atoms with Crippen LogP contribution in [-0.2, 0) is 0 Å². The van der Waals surface area contributed by atoms with Gasteiger partial charge in [-0.1, -0.05) is 36.4 Å². The molecule has 7 heteroatoms. The molecule has 1 aromatic carbocycles. The van der Waals surface area contributed by atoms with Crippen molar-refractivity contribution < 1.29 is 4.79 Å². The first-order valence-corrected chi connectivity index (χ1v) is 9.05. The van der Waals surface area contributed by atoms with Gasteiger partial charge in [-0.3, -0.25) is 4.79 Å². The molecule has 0 aliphatic rings. The molecule has 3 aromatic heterocycles. The van der Waals surface area contributed by atoms with Crippen LogP contribution in [0.3, 0.4) is 0 Å². The standard InChI is InChI=1S/C21H20N6O/c1-15(2)27-20(14-18(25-27)16-8-4-3-5-9-16)24-21(28)17-10-6-11-19(23-17)26-13-7-12-22-26/h3-15H,1-2H3,(H,24,28). The third kappa shape index (κ3) is 3.55. The first-order chi connectivity index (χ1) is 13.6. The summed E-state index contributed by atoms with van der Waals surface area (Å²) in [5, 5.41) is 11.7. The van der Waals surface area contributed by atoms with Gasteiger partial charge in [-0.25, -0.2) is 14.3 Å². The number of aromatic nitrogens is 5. The second kappa shape index (κ2) is 7.48. The average molecular weight is 372 g/mol. The van der Waals surface area contributed by atoms with Gasteiger partial charge in [-0.15, -0.1) is 0 Å². The first-order valence-electron chi connectivity index (χ1n) is 9.05. The fourth-order valence-corrected chi connectivity index (χ4v) is 2.89. The maximum Gasteiger partial charge on any atom is 0.275 e. The normalized spacial score (nSPS) is 11.0. The van der Waals surface area contributed by atoms with Gasteiger partial charge in [-0.05, 0) is 32.0 Å². The largest absolute Gasteiger partial charge is 0.305 e. The Labute approximate surface area is 162 Å². The van der Waals surface area contributed by atoms with Crippen molar-refractivity contribution in [2.45, 2.75) is 19.9 Å². The van der Waals surface area contributed by atoms with Crippen molar-refractivity contribution in [3.05, 3.63) is 78.8 Å². The van der Waals surface area contributed by atoms with E-state index in [1.807, 2.05) is 50.2 Å². The van der Waals surface area contributed by atoms with Gasteiger partial charge < -0.3 is 5.32 Å². The highest BCUT2D eigenvalue weighted by molar-refractivity contribution is 6.02. The van der Waals surface area contributed by atoms with Gasteiger partial charge in [0.15, 0.2) is 5.82 Å². The molecular formula is C21H20N6O. The maximum atomic E-state index is 12.8. The molecule has 28 heavy (non-hydrogen) atoms. The van der Waals surface area contributed by atoms with Crippen LogP contribution in [0.5, 0.6) is 0 Å². The Hall–Kier alpha value is -3.74. The molecule has 1 amide bonds. The lowest BCUT2D eigenvalue weighted by Gasteiger charge is -2.11. The van der Waals surface area contributed by atoms with E-state index < -0.39 is 0 Å². The Morgan fingerprint density at radius 3 is 2.57 bits per heavy atom. The molecule has 0 saturated heterocycles. The molecule has 1 N–H and O–H groups in total. The van der Waals surface area contributed by atoms with Crippen LogP contribution in [0.4, 0.5) is 5.82 Å². The molecule has 0 aliphatic carbocycles. The molecule has 0 fully saturated rings. The summed E-state index contributed by atoms with van der Waals surface area (Å²) in [7, 11) is 0. The van der Waals surface area contributed by atoms with E-state index in [0.29, 0.717) is 17.3 Å². The van der Waals surface area contributed by atoms with Crippen molar-refractivity contribution in [3.63, 3.8) is 0 Å². The molecule has 0 spiro atoms. The topological polar surface area (TPSA) is 77.6 Å². The fraction of sp³-hybridized carbons (Fsp3) is 0.143. The smallest absolute Gasteiger partial charge is 0.275 e. The van der Waals surface area contributed by atoms with E-state index in [9.17, 15) is 4.79 Å². The van der Waals surface area contributed by atoms with Gasteiger partial charge >= 0.3 is 0 Å². The van der Waals surface area contributed by atoms with Gasteiger partial charge in [0.1, 0.15) is 11.5 Å². The fourth-order valence-electron chi connectivity index (χ4n) is 2.89. The summed E-state index contributed by atoms with van der Waals surface area (Å²) in [6.45, 7) is 4.04. The number of anilines is 1. The van der Waals surface area contributed by atoms with Crippen molar-refractivity contribution in [3.8, 4) is 17.1 Å². The molecule has 4 rings (SSSR count). The Kier molecular flexibility index (Phi) is 4.72. The van der Waals surface area contributed by atoms with Crippen LogP contribution < -0.4 is 5.32 Å². The lowest BCUT2D eigenvalue weighted by atomic mass is 10.1. The van der Waals surface area contributed by atoms with Crippen LogP contribution >= 0.6 is 0 Å². The number of amides is 1. The lowest BCUT2D eigenvalue weighted by molar-refractivity contribution is 0.102. The molecule has 0 aliphatic heterocycles. The van der Waals surface area contributed by atoms with E-state index in [1.54, 1.807) is 46.0 Å².